The third-order valence-corrected chi connectivity index (χ3v) is 6.65. The van der Waals surface area contributed by atoms with Crippen LogP contribution in [-0.2, 0) is 25.6 Å². The number of carbonyl (C=O) groups is 4. The van der Waals surface area contributed by atoms with Crippen LogP contribution in [0.4, 0.5) is 0 Å². The molecular weight excluding hydrogens is 462 g/mol. The maximum absolute atomic E-state index is 13.4. The van der Waals surface area contributed by atoms with Crippen LogP contribution in [0.2, 0.25) is 0 Å². The number of rotatable bonds is 15. The van der Waals surface area contributed by atoms with E-state index in [1.165, 1.54) is 0 Å². The highest BCUT2D eigenvalue weighted by atomic mass is 16.4. The highest BCUT2D eigenvalue weighted by Gasteiger charge is 2.32. The molecule has 10 nitrogen and oxygen atoms in total. The van der Waals surface area contributed by atoms with Crippen molar-refractivity contribution in [3.05, 3.63) is 35.9 Å². The summed E-state index contributed by atoms with van der Waals surface area (Å²) in [6.07, 6.45) is 3.95. The molecule has 0 bridgehead atoms. The Morgan fingerprint density at radius 2 is 1.75 bits per heavy atom. The molecule has 0 saturated carbocycles. The van der Waals surface area contributed by atoms with Crippen molar-refractivity contribution >= 4 is 23.7 Å². The summed E-state index contributed by atoms with van der Waals surface area (Å²) in [5.74, 6) is -2.71. The quantitative estimate of drug-likeness (QED) is 0.192. The van der Waals surface area contributed by atoms with E-state index < -0.39 is 35.9 Å². The number of hydrogen-bond donors (Lipinski definition) is 6. The number of nitrogens with one attached hydrogen (secondary N) is 4. The molecule has 36 heavy (non-hydrogen) atoms. The summed E-state index contributed by atoms with van der Waals surface area (Å²) >= 11 is 0. The lowest BCUT2D eigenvalue weighted by Gasteiger charge is -2.26. The van der Waals surface area contributed by atoms with E-state index in [4.69, 9.17) is 5.73 Å². The van der Waals surface area contributed by atoms with Crippen LogP contribution in [-0.4, -0.2) is 66.1 Å². The van der Waals surface area contributed by atoms with Crippen molar-refractivity contribution in [2.45, 2.75) is 83.0 Å². The highest BCUT2D eigenvalue weighted by molar-refractivity contribution is 5.94. The van der Waals surface area contributed by atoms with Crippen LogP contribution in [0.25, 0.3) is 0 Å². The molecule has 0 spiro atoms. The van der Waals surface area contributed by atoms with Gasteiger partial charge in [0, 0.05) is 6.42 Å². The summed E-state index contributed by atoms with van der Waals surface area (Å²) < 4.78 is 0. The minimum absolute atomic E-state index is 0.254. The van der Waals surface area contributed by atoms with Crippen molar-refractivity contribution in [1.82, 2.24) is 21.3 Å². The third kappa shape index (κ3) is 9.23. The van der Waals surface area contributed by atoms with Gasteiger partial charge >= 0.3 is 5.97 Å². The number of unbranched alkanes of at least 4 members (excludes halogenated alkanes) is 1. The molecule has 1 aliphatic heterocycles. The molecule has 1 aromatic rings. The van der Waals surface area contributed by atoms with Crippen LogP contribution in [0.1, 0.15) is 57.9 Å². The Labute approximate surface area is 213 Å². The van der Waals surface area contributed by atoms with Gasteiger partial charge in [0.1, 0.15) is 18.1 Å². The Balaban J connectivity index is 2.18. The van der Waals surface area contributed by atoms with Crippen molar-refractivity contribution in [3.8, 4) is 0 Å². The van der Waals surface area contributed by atoms with Gasteiger partial charge in [-0.15, -0.1) is 0 Å². The molecule has 0 aromatic heterocycles. The normalized spacial score (nSPS) is 18.5. The first-order valence-corrected chi connectivity index (χ1v) is 12.9. The number of amides is 3. The van der Waals surface area contributed by atoms with Gasteiger partial charge in [0.05, 0.1) is 6.04 Å². The molecule has 5 unspecified atom stereocenters. The predicted octanol–water partition coefficient (Wildman–Crippen LogP) is 0.695. The van der Waals surface area contributed by atoms with Gasteiger partial charge in [-0.1, -0.05) is 50.6 Å². The molecule has 3 amide bonds. The van der Waals surface area contributed by atoms with E-state index in [0.29, 0.717) is 38.6 Å². The van der Waals surface area contributed by atoms with E-state index in [1.54, 1.807) is 6.92 Å². The van der Waals surface area contributed by atoms with Crippen LogP contribution in [0.5, 0.6) is 0 Å². The van der Waals surface area contributed by atoms with Crippen LogP contribution in [0.15, 0.2) is 30.3 Å². The summed E-state index contributed by atoms with van der Waals surface area (Å²) in [4.78, 5) is 51.0. The van der Waals surface area contributed by atoms with Crippen molar-refractivity contribution < 1.29 is 24.3 Å². The Hall–Kier alpha value is -2.98. The van der Waals surface area contributed by atoms with E-state index in [9.17, 15) is 24.3 Å². The number of hydrogen-bond acceptors (Lipinski definition) is 6. The van der Waals surface area contributed by atoms with E-state index in [1.807, 2.05) is 37.3 Å². The average molecular weight is 504 g/mol. The topological polar surface area (TPSA) is 163 Å². The molecule has 1 heterocycles. The smallest absolute Gasteiger partial charge is 0.326 e. The largest absolute Gasteiger partial charge is 0.480 e. The average Bonchev–Trinajstić information content (AvgIpc) is 3.41. The fraction of sp³-hybridized carbons (Fsp3) is 0.615. The molecule has 1 fully saturated rings. The molecular formula is C26H41N5O5. The van der Waals surface area contributed by atoms with Crippen LogP contribution in [0, 0.1) is 5.92 Å². The molecule has 0 radical (unpaired) electrons. The van der Waals surface area contributed by atoms with Gasteiger partial charge in [-0.3, -0.25) is 14.4 Å². The van der Waals surface area contributed by atoms with Gasteiger partial charge < -0.3 is 32.1 Å². The first kappa shape index (κ1) is 29.3. The number of aliphatic carboxylic acids is 1. The SMILES string of the molecule is CCC(C)C(NC(=O)C(CCCCN)NC(=O)C(Cc1ccccc1)NC(=O)C1CCCN1)C(=O)O. The fourth-order valence-electron chi connectivity index (χ4n) is 4.21. The zero-order chi connectivity index (χ0) is 26.5. The summed E-state index contributed by atoms with van der Waals surface area (Å²) in [5.41, 5.74) is 6.46. The van der Waals surface area contributed by atoms with Gasteiger partial charge in [0.2, 0.25) is 17.7 Å². The van der Waals surface area contributed by atoms with Gasteiger partial charge in [-0.2, -0.15) is 0 Å². The van der Waals surface area contributed by atoms with E-state index in [2.05, 4.69) is 21.3 Å². The van der Waals surface area contributed by atoms with Crippen LogP contribution >= 0.6 is 0 Å². The summed E-state index contributed by atoms with van der Waals surface area (Å²) in [6, 6.07) is 6.06. The molecule has 10 heteroatoms. The number of carboxylic acids is 1. The maximum atomic E-state index is 13.4. The Kier molecular flexibility index (Phi) is 12.4. The summed E-state index contributed by atoms with van der Waals surface area (Å²) in [7, 11) is 0. The van der Waals surface area contributed by atoms with Gasteiger partial charge in [0.25, 0.3) is 0 Å². The van der Waals surface area contributed by atoms with Gasteiger partial charge in [-0.25, -0.2) is 4.79 Å². The lowest BCUT2D eigenvalue weighted by atomic mass is 9.98. The second-order valence-electron chi connectivity index (χ2n) is 9.46. The molecule has 0 aliphatic carbocycles. The van der Waals surface area contributed by atoms with Crippen molar-refractivity contribution in [1.29, 1.82) is 0 Å². The molecule has 2 rings (SSSR count). The van der Waals surface area contributed by atoms with Crippen molar-refractivity contribution in [3.63, 3.8) is 0 Å². The fourth-order valence-corrected chi connectivity index (χ4v) is 4.21. The maximum Gasteiger partial charge on any atom is 0.326 e. The van der Waals surface area contributed by atoms with E-state index >= 15 is 0 Å². The first-order chi connectivity index (χ1) is 17.3. The lowest BCUT2D eigenvalue weighted by Crippen LogP contribution is -2.58. The van der Waals surface area contributed by atoms with Crippen LogP contribution < -0.4 is 27.0 Å². The Bertz CT molecular complexity index is 860. The second kappa shape index (κ2) is 15.2. The molecule has 7 N–H and O–H groups in total. The standard InChI is InChI=1S/C26H41N5O5/c1-3-17(2)22(26(35)36)31-24(33)20(12-7-8-14-27)29-25(34)21(16-18-10-5-4-6-11-18)30-23(32)19-13-9-15-28-19/h4-6,10-11,17,19-22,28H,3,7-9,12-16,27H2,1-2H3,(H,29,34)(H,30,32)(H,31,33)(H,35,36). The molecule has 5 atom stereocenters. The molecule has 200 valence electrons. The zero-order valence-corrected chi connectivity index (χ0v) is 21.3. The number of carboxylic acid groups (broad SMARTS) is 1. The Morgan fingerprint density at radius 1 is 1.06 bits per heavy atom. The minimum Gasteiger partial charge on any atom is -0.480 e. The predicted molar refractivity (Wildman–Crippen MR) is 137 cm³/mol. The van der Waals surface area contributed by atoms with E-state index in [0.717, 1.165) is 18.5 Å². The summed E-state index contributed by atoms with van der Waals surface area (Å²) in [5, 5.41) is 20.9. The van der Waals surface area contributed by atoms with Crippen molar-refractivity contribution in [2.75, 3.05) is 13.1 Å². The van der Waals surface area contributed by atoms with E-state index in [-0.39, 0.29) is 24.3 Å². The number of carbonyl (C=O) groups excluding carboxylic acids is 3. The third-order valence-electron chi connectivity index (χ3n) is 6.65. The second-order valence-corrected chi connectivity index (χ2v) is 9.46. The van der Waals surface area contributed by atoms with Crippen molar-refractivity contribution in [2.24, 2.45) is 11.7 Å². The van der Waals surface area contributed by atoms with Gasteiger partial charge in [0.15, 0.2) is 0 Å². The molecule has 1 aromatic carbocycles. The zero-order valence-electron chi connectivity index (χ0n) is 21.3. The Morgan fingerprint density at radius 3 is 2.33 bits per heavy atom. The number of benzene rings is 1. The minimum atomic E-state index is -1.12. The highest BCUT2D eigenvalue weighted by Crippen LogP contribution is 2.11. The molecule has 1 saturated heterocycles. The summed E-state index contributed by atoms with van der Waals surface area (Å²) in [6.45, 7) is 4.79. The first-order valence-electron chi connectivity index (χ1n) is 12.9. The van der Waals surface area contributed by atoms with Crippen LogP contribution in [0.3, 0.4) is 0 Å². The lowest BCUT2D eigenvalue weighted by molar-refractivity contribution is -0.144. The van der Waals surface area contributed by atoms with Gasteiger partial charge in [-0.05, 0) is 56.7 Å². The molecule has 1 aliphatic rings. The number of nitrogens with two attached hydrogens (primary N) is 1. The monoisotopic (exact) mass is 503 g/mol.